The van der Waals surface area contributed by atoms with Crippen LogP contribution in [-0.4, -0.2) is 0 Å². The highest BCUT2D eigenvalue weighted by molar-refractivity contribution is 8.70. The Labute approximate surface area is 60.9 Å². The van der Waals surface area contributed by atoms with E-state index in [1.165, 1.54) is 10.8 Å². The highest BCUT2D eigenvalue weighted by Crippen LogP contribution is 2.14. The van der Waals surface area contributed by atoms with Crippen LogP contribution in [0.4, 0.5) is 0 Å². The fraction of sp³-hybridized carbons (Fsp3) is 0.333. The zero-order chi connectivity index (χ0) is 6.99. The molecule has 0 aliphatic carbocycles. The lowest BCUT2D eigenvalue weighted by molar-refractivity contribution is 1.74. The Balaban J connectivity index is 0. The molecule has 0 aromatic carbocycles. The summed E-state index contributed by atoms with van der Waals surface area (Å²) in [6, 6.07) is 0. The highest BCUT2D eigenvalue weighted by atomic mass is 33.1. The molecule has 0 heterocycles. The maximum absolute atomic E-state index is 3.83. The predicted molar refractivity (Wildman–Crippen MR) is 47.3 cm³/mol. The van der Waals surface area contributed by atoms with E-state index in [1.807, 2.05) is 13.8 Å². The molecule has 0 unspecified atom stereocenters. The summed E-state index contributed by atoms with van der Waals surface area (Å²) >= 11 is 3.83. The van der Waals surface area contributed by atoms with Gasteiger partial charge in [0.25, 0.3) is 0 Å². The minimum Gasteiger partial charge on any atom is -0.106 e. The first-order valence-electron chi connectivity index (χ1n) is 2.23. The molecule has 0 bridgehead atoms. The molecule has 8 heavy (non-hydrogen) atoms. The minimum atomic E-state index is 1.04. The molecule has 2 heteroatoms. The van der Waals surface area contributed by atoms with Crippen molar-refractivity contribution < 1.29 is 0 Å². The van der Waals surface area contributed by atoms with E-state index < -0.39 is 0 Å². The van der Waals surface area contributed by atoms with Gasteiger partial charge in [0.05, 0.1) is 0 Å². The fourth-order valence-electron chi connectivity index (χ4n) is 0. The number of thiol groups is 1. The Kier molecular flexibility index (Phi) is 14.1. The van der Waals surface area contributed by atoms with Crippen molar-refractivity contribution in [3.05, 3.63) is 24.1 Å². The smallest absolute Gasteiger partial charge is 0.0147 e. The predicted octanol–water partition coefficient (Wildman–Crippen LogP) is 3.29. The second kappa shape index (κ2) is 10.2. The van der Waals surface area contributed by atoms with Gasteiger partial charge in [0.1, 0.15) is 0 Å². The Morgan fingerprint density at radius 2 is 1.88 bits per heavy atom. The number of hydrogen-bond donors (Lipinski definition) is 1. The molecule has 0 saturated heterocycles. The summed E-state index contributed by atoms with van der Waals surface area (Å²) in [5.74, 6) is 0. The fourth-order valence-corrected chi connectivity index (χ4v) is 0. The Bertz CT molecular complexity index is 66.9. The van der Waals surface area contributed by atoms with Crippen molar-refractivity contribution in [2.45, 2.75) is 13.8 Å². The molecular formula is C6H12S2. The first-order valence-corrected chi connectivity index (χ1v) is 4.09. The van der Waals surface area contributed by atoms with Crippen LogP contribution < -0.4 is 0 Å². The van der Waals surface area contributed by atoms with Crippen molar-refractivity contribution in [1.29, 1.82) is 0 Å². The zero-order valence-electron chi connectivity index (χ0n) is 5.35. The van der Waals surface area contributed by atoms with Crippen molar-refractivity contribution in [2.75, 3.05) is 0 Å². The number of hydrogen-bond acceptors (Lipinski definition) is 2. The van der Waals surface area contributed by atoms with Crippen molar-refractivity contribution in [3.8, 4) is 0 Å². The van der Waals surface area contributed by atoms with Crippen LogP contribution in [0.1, 0.15) is 13.8 Å². The summed E-state index contributed by atoms with van der Waals surface area (Å²) in [5, 5.41) is 0. The molecule has 0 aliphatic heterocycles. The third-order valence-electron chi connectivity index (χ3n) is 0.156. The largest absolute Gasteiger partial charge is 0.106 e. The van der Waals surface area contributed by atoms with E-state index in [9.17, 15) is 0 Å². The molecule has 0 nitrogen and oxygen atoms in total. The normalized spacial score (nSPS) is 6.38. The molecule has 0 aromatic heterocycles. The lowest BCUT2D eigenvalue weighted by Crippen LogP contribution is -1.43. The molecular weight excluding hydrogens is 136 g/mol. The zero-order valence-corrected chi connectivity index (χ0v) is 7.06. The first kappa shape index (κ1) is 11.0. The summed E-state index contributed by atoms with van der Waals surface area (Å²) < 4.78 is 0. The molecule has 0 saturated carbocycles. The van der Waals surface area contributed by atoms with E-state index in [1.54, 1.807) is 6.08 Å². The highest BCUT2D eigenvalue weighted by Gasteiger charge is 1.69. The van der Waals surface area contributed by atoms with Gasteiger partial charge in [0.15, 0.2) is 0 Å². The third-order valence-corrected chi connectivity index (χ3v) is 1.40. The Hall–Kier alpha value is 0.180. The van der Waals surface area contributed by atoms with Crippen LogP contribution in [0, 0.1) is 0 Å². The van der Waals surface area contributed by atoms with Gasteiger partial charge < -0.3 is 0 Å². The maximum atomic E-state index is 3.83. The molecule has 0 rings (SSSR count). The average molecular weight is 148 g/mol. The van der Waals surface area contributed by atoms with Crippen LogP contribution in [0.15, 0.2) is 24.1 Å². The van der Waals surface area contributed by atoms with E-state index in [-0.39, 0.29) is 0 Å². The maximum Gasteiger partial charge on any atom is -0.0147 e. The van der Waals surface area contributed by atoms with Crippen LogP contribution in [0.3, 0.4) is 0 Å². The summed E-state index contributed by atoms with van der Waals surface area (Å²) in [6.07, 6.45) is 1.75. The van der Waals surface area contributed by atoms with E-state index in [4.69, 9.17) is 0 Å². The van der Waals surface area contributed by atoms with Crippen molar-refractivity contribution in [2.24, 2.45) is 0 Å². The van der Waals surface area contributed by atoms with Crippen LogP contribution >= 0.6 is 22.5 Å². The standard InChI is InChI=1S/C3H6S2.C3H6/c1-3(2)5-4;1-3-2/h4H,1H2,2H3;3H,1H2,2H3. The Morgan fingerprint density at radius 1 is 1.75 bits per heavy atom. The monoisotopic (exact) mass is 148 g/mol. The van der Waals surface area contributed by atoms with Crippen molar-refractivity contribution in [1.82, 2.24) is 0 Å². The molecule has 0 fully saturated rings. The van der Waals surface area contributed by atoms with Crippen molar-refractivity contribution >= 4 is 22.5 Å². The summed E-state index contributed by atoms with van der Waals surface area (Å²) in [5.41, 5.74) is 0. The van der Waals surface area contributed by atoms with Crippen molar-refractivity contribution in [3.63, 3.8) is 0 Å². The lowest BCUT2D eigenvalue weighted by atomic mass is 10.8. The summed E-state index contributed by atoms with van der Waals surface area (Å²) in [6.45, 7) is 10.7. The van der Waals surface area contributed by atoms with Gasteiger partial charge >= 0.3 is 0 Å². The molecule has 0 radical (unpaired) electrons. The molecule has 0 aromatic rings. The average Bonchev–Trinajstić information content (AvgIpc) is 1.69. The van der Waals surface area contributed by atoms with Crippen LogP contribution in [0.2, 0.25) is 0 Å². The Morgan fingerprint density at radius 3 is 1.88 bits per heavy atom. The summed E-state index contributed by atoms with van der Waals surface area (Å²) in [7, 11) is 1.38. The van der Waals surface area contributed by atoms with Gasteiger partial charge in [-0.05, 0) is 18.8 Å². The summed E-state index contributed by atoms with van der Waals surface area (Å²) in [4.78, 5) is 1.04. The van der Waals surface area contributed by atoms with Gasteiger partial charge in [-0.15, -0.1) is 18.2 Å². The molecule has 0 amide bonds. The molecule has 0 N–H and O–H groups in total. The lowest BCUT2D eigenvalue weighted by Gasteiger charge is -1.78. The molecule has 0 spiro atoms. The van der Waals surface area contributed by atoms with Crippen LogP contribution in [-0.2, 0) is 0 Å². The third kappa shape index (κ3) is 34.9. The molecule has 0 atom stereocenters. The first-order chi connectivity index (χ1) is 3.68. The van der Waals surface area contributed by atoms with E-state index in [2.05, 4.69) is 24.8 Å². The van der Waals surface area contributed by atoms with E-state index >= 15 is 0 Å². The van der Waals surface area contributed by atoms with Gasteiger partial charge in [0, 0.05) is 0 Å². The molecule has 48 valence electrons. The van der Waals surface area contributed by atoms with Gasteiger partial charge in [0.2, 0.25) is 0 Å². The molecule has 0 aliphatic rings. The van der Waals surface area contributed by atoms with Gasteiger partial charge in [-0.1, -0.05) is 23.4 Å². The van der Waals surface area contributed by atoms with Gasteiger partial charge in [-0.25, -0.2) is 0 Å². The van der Waals surface area contributed by atoms with Gasteiger partial charge in [-0.3, -0.25) is 0 Å². The second-order valence-electron chi connectivity index (χ2n) is 1.20. The minimum absolute atomic E-state index is 1.04. The van der Waals surface area contributed by atoms with Crippen LogP contribution in [0.5, 0.6) is 0 Å². The van der Waals surface area contributed by atoms with E-state index in [0.717, 1.165) is 4.91 Å². The number of rotatable bonds is 1. The second-order valence-corrected chi connectivity index (χ2v) is 2.63. The van der Waals surface area contributed by atoms with E-state index in [0.29, 0.717) is 0 Å². The number of allylic oxidation sites excluding steroid dienone is 2. The van der Waals surface area contributed by atoms with Gasteiger partial charge in [-0.2, -0.15) is 0 Å². The quantitative estimate of drug-likeness (QED) is 0.338. The SMILES string of the molecule is C=C(C)SS.C=CC. The topological polar surface area (TPSA) is 0 Å². The van der Waals surface area contributed by atoms with Crippen LogP contribution in [0.25, 0.3) is 0 Å².